The number of hydrogen-bond donors (Lipinski definition) is 2. The van der Waals surface area contributed by atoms with Gasteiger partial charge in [0.05, 0.1) is 5.69 Å². The lowest BCUT2D eigenvalue weighted by molar-refractivity contribution is -0.148. The monoisotopic (exact) mass is 357 g/mol. The number of aliphatic carboxylic acids is 1. The highest BCUT2D eigenvalue weighted by atomic mass is 16.4. The van der Waals surface area contributed by atoms with Crippen LogP contribution in [0.15, 0.2) is 35.4 Å². The third kappa shape index (κ3) is 3.61. The van der Waals surface area contributed by atoms with Gasteiger partial charge in [-0.3, -0.25) is 9.59 Å². The van der Waals surface area contributed by atoms with Crippen LogP contribution in [0.1, 0.15) is 45.4 Å². The Labute approximate surface area is 152 Å². The Morgan fingerprint density at radius 1 is 1.19 bits per heavy atom. The van der Waals surface area contributed by atoms with Gasteiger partial charge in [0.25, 0.3) is 5.91 Å². The van der Waals surface area contributed by atoms with Crippen molar-refractivity contribution in [3.8, 4) is 0 Å². The van der Waals surface area contributed by atoms with Gasteiger partial charge in [0.15, 0.2) is 0 Å². The molecule has 1 aromatic carbocycles. The third-order valence-electron chi connectivity index (χ3n) is 5.19. The van der Waals surface area contributed by atoms with Crippen molar-refractivity contribution in [1.29, 1.82) is 0 Å². The lowest BCUT2D eigenvalue weighted by atomic mass is 9.77. The summed E-state index contributed by atoms with van der Waals surface area (Å²) < 4.78 is 0. The first-order valence-corrected chi connectivity index (χ1v) is 8.93. The predicted octanol–water partition coefficient (Wildman–Crippen LogP) is 2.32. The van der Waals surface area contributed by atoms with Crippen LogP contribution >= 0.6 is 0 Å². The van der Waals surface area contributed by atoms with Gasteiger partial charge in [-0.2, -0.15) is 5.10 Å². The first-order chi connectivity index (χ1) is 12.4. The average molecular weight is 357 g/mol. The van der Waals surface area contributed by atoms with E-state index in [-0.39, 0.29) is 24.5 Å². The van der Waals surface area contributed by atoms with Gasteiger partial charge in [0, 0.05) is 12.8 Å². The Balaban J connectivity index is 1.80. The Bertz CT molecular complexity index is 736. The summed E-state index contributed by atoms with van der Waals surface area (Å²) in [5.74, 6) is -1.25. The zero-order chi connectivity index (χ0) is 18.7. The number of amides is 2. The van der Waals surface area contributed by atoms with Crippen molar-refractivity contribution in [2.75, 3.05) is 5.01 Å². The molecule has 2 amide bonds. The summed E-state index contributed by atoms with van der Waals surface area (Å²) >= 11 is 0. The molecule has 0 radical (unpaired) electrons. The van der Waals surface area contributed by atoms with Crippen molar-refractivity contribution in [2.45, 2.75) is 51.0 Å². The predicted molar refractivity (Wildman–Crippen MR) is 96.7 cm³/mol. The summed E-state index contributed by atoms with van der Waals surface area (Å²) in [4.78, 5) is 36.7. The minimum atomic E-state index is -1.24. The maximum Gasteiger partial charge on any atom is 0.329 e. The van der Waals surface area contributed by atoms with E-state index in [0.717, 1.165) is 12.8 Å². The molecule has 1 saturated carbocycles. The molecule has 7 heteroatoms. The second-order valence-corrected chi connectivity index (χ2v) is 7.11. The Kier molecular flexibility index (Phi) is 5.06. The third-order valence-corrected chi connectivity index (χ3v) is 5.19. The lowest BCUT2D eigenvalue weighted by Crippen LogP contribution is -2.58. The fourth-order valence-corrected chi connectivity index (χ4v) is 3.42. The first-order valence-electron chi connectivity index (χ1n) is 8.93. The van der Waals surface area contributed by atoms with Crippen molar-refractivity contribution in [3.05, 3.63) is 30.3 Å². The van der Waals surface area contributed by atoms with E-state index in [1.54, 1.807) is 24.3 Å². The number of anilines is 1. The molecule has 0 saturated heterocycles. The largest absolute Gasteiger partial charge is 0.480 e. The highest BCUT2D eigenvalue weighted by Crippen LogP contribution is 2.32. The molecule has 0 aromatic heterocycles. The molecular weight excluding hydrogens is 334 g/mol. The summed E-state index contributed by atoms with van der Waals surface area (Å²) in [7, 11) is 0. The fourth-order valence-electron chi connectivity index (χ4n) is 3.42. The summed E-state index contributed by atoms with van der Waals surface area (Å²) in [6.45, 7) is 2.09. The molecule has 0 atom stereocenters. The molecule has 0 spiro atoms. The van der Waals surface area contributed by atoms with E-state index in [1.165, 1.54) is 5.01 Å². The number of hydrazone groups is 1. The molecule has 3 rings (SSSR count). The molecule has 138 valence electrons. The zero-order valence-corrected chi connectivity index (χ0v) is 14.8. The highest BCUT2D eigenvalue weighted by molar-refractivity contribution is 6.40. The summed E-state index contributed by atoms with van der Waals surface area (Å²) in [5.41, 5.74) is -0.472. The molecule has 26 heavy (non-hydrogen) atoms. The molecule has 1 fully saturated rings. The molecule has 0 bridgehead atoms. The van der Waals surface area contributed by atoms with Crippen molar-refractivity contribution < 1.29 is 19.5 Å². The van der Waals surface area contributed by atoms with Gasteiger partial charge < -0.3 is 10.4 Å². The van der Waals surface area contributed by atoms with Crippen LogP contribution in [0.25, 0.3) is 0 Å². The van der Waals surface area contributed by atoms with E-state index in [1.807, 2.05) is 6.07 Å². The molecule has 1 aromatic rings. The molecule has 0 unspecified atom stereocenters. The Hall–Kier alpha value is -2.70. The number of hydrogen-bond acceptors (Lipinski definition) is 4. The molecule has 1 heterocycles. The summed E-state index contributed by atoms with van der Waals surface area (Å²) in [6, 6.07) is 8.88. The van der Waals surface area contributed by atoms with Crippen LogP contribution in [0.2, 0.25) is 0 Å². The topological polar surface area (TPSA) is 99.1 Å². The SMILES string of the molecule is CC1CCC(NC(=O)C2=NN(c3ccccc3)C(=O)CC2)(C(=O)O)CC1. The van der Waals surface area contributed by atoms with Crippen molar-refractivity contribution >= 4 is 29.2 Å². The zero-order valence-electron chi connectivity index (χ0n) is 14.8. The van der Waals surface area contributed by atoms with Crippen molar-refractivity contribution in [3.63, 3.8) is 0 Å². The average Bonchev–Trinajstić information content (AvgIpc) is 2.64. The Morgan fingerprint density at radius 2 is 1.85 bits per heavy atom. The number of carboxylic acids is 1. The van der Waals surface area contributed by atoms with Gasteiger partial charge in [-0.25, -0.2) is 9.80 Å². The number of nitrogens with one attached hydrogen (secondary N) is 1. The number of nitrogens with zero attached hydrogens (tertiary/aromatic N) is 2. The van der Waals surface area contributed by atoms with E-state index in [4.69, 9.17) is 0 Å². The summed E-state index contributed by atoms with van der Waals surface area (Å²) in [6.07, 6.45) is 2.70. The van der Waals surface area contributed by atoms with Gasteiger partial charge >= 0.3 is 5.97 Å². The molecule has 2 N–H and O–H groups in total. The first kappa shape index (κ1) is 18.1. The number of carbonyl (C=O) groups excluding carboxylic acids is 2. The van der Waals surface area contributed by atoms with Crippen LogP contribution in [0.5, 0.6) is 0 Å². The molecule has 2 aliphatic rings. The van der Waals surface area contributed by atoms with Gasteiger partial charge in [0.1, 0.15) is 11.3 Å². The second kappa shape index (κ2) is 7.27. The smallest absolute Gasteiger partial charge is 0.329 e. The van der Waals surface area contributed by atoms with E-state index in [9.17, 15) is 19.5 Å². The van der Waals surface area contributed by atoms with Crippen LogP contribution in [0.3, 0.4) is 0 Å². The van der Waals surface area contributed by atoms with E-state index >= 15 is 0 Å². The standard InChI is InChI=1S/C19H23N3O4/c1-13-9-11-19(12-10-13,18(25)26)20-17(24)15-7-8-16(23)22(21-15)14-5-3-2-4-6-14/h2-6,13H,7-12H2,1H3,(H,20,24)(H,25,26). The second-order valence-electron chi connectivity index (χ2n) is 7.11. The number of para-hydroxylation sites is 1. The van der Waals surface area contributed by atoms with Crippen molar-refractivity contribution in [1.82, 2.24) is 5.32 Å². The fraction of sp³-hybridized carbons (Fsp3) is 0.474. The molecule has 1 aliphatic heterocycles. The van der Waals surface area contributed by atoms with Crippen LogP contribution in [-0.2, 0) is 14.4 Å². The van der Waals surface area contributed by atoms with Crippen LogP contribution in [0.4, 0.5) is 5.69 Å². The number of rotatable bonds is 4. The normalized spacial score (nSPS) is 26.2. The summed E-state index contributed by atoms with van der Waals surface area (Å²) in [5, 5.41) is 17.8. The number of carbonyl (C=O) groups is 3. The minimum absolute atomic E-state index is 0.165. The van der Waals surface area contributed by atoms with Gasteiger partial charge in [0.2, 0.25) is 5.91 Å². The minimum Gasteiger partial charge on any atom is -0.480 e. The van der Waals surface area contributed by atoms with E-state index < -0.39 is 17.4 Å². The maximum atomic E-state index is 12.7. The number of benzene rings is 1. The van der Waals surface area contributed by atoms with Gasteiger partial charge in [-0.05, 0) is 43.7 Å². The van der Waals surface area contributed by atoms with Crippen molar-refractivity contribution in [2.24, 2.45) is 11.0 Å². The van der Waals surface area contributed by atoms with Crippen LogP contribution in [-0.4, -0.2) is 34.1 Å². The molecular formula is C19H23N3O4. The van der Waals surface area contributed by atoms with Gasteiger partial charge in [-0.15, -0.1) is 0 Å². The highest BCUT2D eigenvalue weighted by Gasteiger charge is 2.43. The maximum absolute atomic E-state index is 12.7. The van der Waals surface area contributed by atoms with Gasteiger partial charge in [-0.1, -0.05) is 25.1 Å². The van der Waals surface area contributed by atoms with E-state index in [0.29, 0.717) is 24.4 Å². The van der Waals surface area contributed by atoms with Crippen LogP contribution in [0, 0.1) is 5.92 Å². The number of carboxylic acid groups (broad SMARTS) is 1. The Morgan fingerprint density at radius 3 is 2.46 bits per heavy atom. The quantitative estimate of drug-likeness (QED) is 0.864. The van der Waals surface area contributed by atoms with E-state index in [2.05, 4.69) is 17.3 Å². The van der Waals surface area contributed by atoms with Crippen LogP contribution < -0.4 is 10.3 Å². The molecule has 7 nitrogen and oxygen atoms in total. The lowest BCUT2D eigenvalue weighted by Gasteiger charge is -2.36. The molecule has 1 aliphatic carbocycles.